The summed E-state index contributed by atoms with van der Waals surface area (Å²) in [5.41, 5.74) is 1.22. The van der Waals surface area contributed by atoms with Crippen LogP contribution in [-0.4, -0.2) is 48.6 Å². The minimum atomic E-state index is -0.124. The Morgan fingerprint density at radius 3 is 2.68 bits per heavy atom. The normalized spacial score (nSPS) is 11.5. The van der Waals surface area contributed by atoms with Gasteiger partial charge in [0.2, 0.25) is 0 Å². The van der Waals surface area contributed by atoms with Crippen LogP contribution < -0.4 is 5.32 Å². The van der Waals surface area contributed by atoms with Crippen molar-refractivity contribution >= 4 is 27.9 Å². The van der Waals surface area contributed by atoms with Gasteiger partial charge in [0.05, 0.1) is 13.7 Å². The van der Waals surface area contributed by atoms with Gasteiger partial charge in [0.15, 0.2) is 5.96 Å². The zero-order chi connectivity index (χ0) is 18.7. The fourth-order valence-corrected chi connectivity index (χ4v) is 3.10. The van der Waals surface area contributed by atoms with Gasteiger partial charge in [0.1, 0.15) is 0 Å². The second-order valence-corrected chi connectivity index (χ2v) is 7.01. The van der Waals surface area contributed by atoms with Gasteiger partial charge in [-0.2, -0.15) is 0 Å². The molecule has 0 aliphatic heterocycles. The second kappa shape index (κ2) is 12.0. The van der Waals surface area contributed by atoms with E-state index in [2.05, 4.69) is 61.7 Å². The Balaban J connectivity index is 2.39. The predicted octanol–water partition coefficient (Wildman–Crippen LogP) is 3.31. The SMILES string of the molecule is CCNC(=NCCCCCCC(=O)OC)N(C)Cc1cc(Br)cn1C. The summed E-state index contributed by atoms with van der Waals surface area (Å²) in [6.45, 7) is 4.52. The minimum Gasteiger partial charge on any atom is -0.469 e. The topological polar surface area (TPSA) is 58.9 Å². The molecular formula is C18H31BrN4O2. The van der Waals surface area contributed by atoms with Crippen LogP contribution in [0.2, 0.25) is 0 Å². The first-order valence-corrected chi connectivity index (χ1v) is 9.64. The molecule has 142 valence electrons. The lowest BCUT2D eigenvalue weighted by Gasteiger charge is -2.22. The highest BCUT2D eigenvalue weighted by molar-refractivity contribution is 9.10. The summed E-state index contributed by atoms with van der Waals surface area (Å²) in [6, 6.07) is 2.13. The van der Waals surface area contributed by atoms with Crippen LogP contribution in [0.5, 0.6) is 0 Å². The summed E-state index contributed by atoms with van der Waals surface area (Å²) in [4.78, 5) is 17.9. The molecule has 0 aliphatic carbocycles. The molecule has 7 heteroatoms. The predicted molar refractivity (Wildman–Crippen MR) is 106 cm³/mol. The van der Waals surface area contributed by atoms with Crippen molar-refractivity contribution in [3.05, 3.63) is 22.4 Å². The first-order valence-electron chi connectivity index (χ1n) is 8.85. The van der Waals surface area contributed by atoms with Crippen molar-refractivity contribution < 1.29 is 9.53 Å². The molecule has 0 aromatic carbocycles. The zero-order valence-electron chi connectivity index (χ0n) is 15.8. The highest BCUT2D eigenvalue weighted by Crippen LogP contribution is 2.15. The number of hydrogen-bond acceptors (Lipinski definition) is 3. The van der Waals surface area contributed by atoms with Gasteiger partial charge >= 0.3 is 5.97 Å². The molecule has 1 rings (SSSR count). The number of aryl methyl sites for hydroxylation is 1. The van der Waals surface area contributed by atoms with Crippen molar-refractivity contribution in [2.45, 2.75) is 45.6 Å². The summed E-state index contributed by atoms with van der Waals surface area (Å²) in [5.74, 6) is 0.802. The number of guanidine groups is 1. The summed E-state index contributed by atoms with van der Waals surface area (Å²) in [6.07, 6.45) is 6.60. The Bertz CT molecular complexity index is 557. The Hall–Kier alpha value is -1.50. The van der Waals surface area contributed by atoms with Crippen molar-refractivity contribution in [2.24, 2.45) is 12.0 Å². The smallest absolute Gasteiger partial charge is 0.305 e. The molecule has 0 amide bonds. The van der Waals surface area contributed by atoms with Gasteiger partial charge in [0, 0.05) is 50.0 Å². The standard InChI is InChI=1S/C18H31BrN4O2/c1-5-20-18(21-11-9-7-6-8-10-17(24)25-4)23(3)14-16-12-15(19)13-22(16)2/h12-13H,5-11,14H2,1-4H3,(H,20,21). The summed E-state index contributed by atoms with van der Waals surface area (Å²) in [7, 11) is 5.54. The largest absolute Gasteiger partial charge is 0.469 e. The van der Waals surface area contributed by atoms with Gasteiger partial charge in [-0.25, -0.2) is 0 Å². The van der Waals surface area contributed by atoms with Gasteiger partial charge in [-0.1, -0.05) is 12.8 Å². The van der Waals surface area contributed by atoms with Crippen LogP contribution in [0.1, 0.15) is 44.7 Å². The van der Waals surface area contributed by atoms with E-state index in [4.69, 9.17) is 4.99 Å². The minimum absolute atomic E-state index is 0.124. The number of carbonyl (C=O) groups excluding carboxylic acids is 1. The number of rotatable bonds is 10. The van der Waals surface area contributed by atoms with Crippen LogP contribution >= 0.6 is 15.9 Å². The van der Waals surface area contributed by atoms with Crippen LogP contribution in [-0.2, 0) is 23.1 Å². The molecular weight excluding hydrogens is 384 g/mol. The van der Waals surface area contributed by atoms with E-state index in [1.54, 1.807) is 0 Å². The molecule has 0 unspecified atom stereocenters. The molecule has 1 heterocycles. The third-order valence-electron chi connectivity index (χ3n) is 3.95. The summed E-state index contributed by atoms with van der Waals surface area (Å²) >= 11 is 3.51. The number of nitrogens with zero attached hydrogens (tertiary/aromatic N) is 3. The summed E-state index contributed by atoms with van der Waals surface area (Å²) in [5, 5.41) is 3.35. The average molecular weight is 415 g/mol. The molecule has 25 heavy (non-hydrogen) atoms. The van der Waals surface area contributed by atoms with E-state index in [0.717, 1.165) is 55.7 Å². The number of halogens is 1. The molecule has 0 spiro atoms. The number of nitrogens with one attached hydrogen (secondary N) is 1. The Morgan fingerprint density at radius 1 is 1.36 bits per heavy atom. The van der Waals surface area contributed by atoms with Gasteiger partial charge in [-0.3, -0.25) is 9.79 Å². The first-order chi connectivity index (χ1) is 12.0. The lowest BCUT2D eigenvalue weighted by molar-refractivity contribution is -0.140. The maximum atomic E-state index is 11.0. The number of ether oxygens (including phenoxy) is 1. The quantitative estimate of drug-likeness (QED) is 0.276. The van der Waals surface area contributed by atoms with Crippen LogP contribution in [0.3, 0.4) is 0 Å². The van der Waals surface area contributed by atoms with Crippen LogP contribution in [0.4, 0.5) is 0 Å². The van der Waals surface area contributed by atoms with Crippen molar-refractivity contribution in [3.63, 3.8) is 0 Å². The average Bonchev–Trinajstić information content (AvgIpc) is 2.89. The van der Waals surface area contributed by atoms with Crippen LogP contribution in [0.15, 0.2) is 21.7 Å². The molecule has 0 aliphatic rings. The highest BCUT2D eigenvalue weighted by Gasteiger charge is 2.09. The second-order valence-electron chi connectivity index (χ2n) is 6.09. The molecule has 0 fully saturated rings. The van der Waals surface area contributed by atoms with E-state index in [0.29, 0.717) is 6.42 Å². The van der Waals surface area contributed by atoms with E-state index in [-0.39, 0.29) is 5.97 Å². The monoisotopic (exact) mass is 414 g/mol. The number of hydrogen-bond donors (Lipinski definition) is 1. The van der Waals surface area contributed by atoms with E-state index in [9.17, 15) is 4.79 Å². The van der Waals surface area contributed by atoms with Crippen molar-refractivity contribution in [1.82, 2.24) is 14.8 Å². The van der Waals surface area contributed by atoms with Crippen molar-refractivity contribution in [1.29, 1.82) is 0 Å². The lowest BCUT2D eigenvalue weighted by Crippen LogP contribution is -2.38. The van der Waals surface area contributed by atoms with E-state index >= 15 is 0 Å². The summed E-state index contributed by atoms with van der Waals surface area (Å²) < 4.78 is 7.85. The Morgan fingerprint density at radius 2 is 2.08 bits per heavy atom. The molecule has 1 aromatic heterocycles. The molecule has 0 bridgehead atoms. The van der Waals surface area contributed by atoms with Crippen molar-refractivity contribution in [3.8, 4) is 0 Å². The number of methoxy groups -OCH3 is 1. The van der Waals surface area contributed by atoms with Crippen LogP contribution in [0, 0.1) is 0 Å². The van der Waals surface area contributed by atoms with Gasteiger partial charge in [0.25, 0.3) is 0 Å². The number of aliphatic imine (C=N–C) groups is 1. The molecule has 0 radical (unpaired) electrons. The van der Waals surface area contributed by atoms with E-state index in [1.807, 2.05) is 7.05 Å². The fourth-order valence-electron chi connectivity index (χ4n) is 2.53. The van der Waals surface area contributed by atoms with Crippen molar-refractivity contribution in [2.75, 3.05) is 27.2 Å². The Kier molecular flexibility index (Phi) is 10.3. The molecule has 1 N–H and O–H groups in total. The molecule has 0 atom stereocenters. The van der Waals surface area contributed by atoms with Gasteiger partial charge in [-0.05, 0) is 41.8 Å². The van der Waals surface area contributed by atoms with Gasteiger partial charge in [-0.15, -0.1) is 0 Å². The van der Waals surface area contributed by atoms with E-state index in [1.165, 1.54) is 12.8 Å². The maximum Gasteiger partial charge on any atom is 0.305 e. The fraction of sp³-hybridized carbons (Fsp3) is 0.667. The third-order valence-corrected chi connectivity index (χ3v) is 4.38. The first kappa shape index (κ1) is 21.5. The third kappa shape index (κ3) is 8.43. The van der Waals surface area contributed by atoms with Gasteiger partial charge < -0.3 is 19.5 Å². The molecule has 6 nitrogen and oxygen atoms in total. The molecule has 0 saturated heterocycles. The Labute approximate surface area is 159 Å². The molecule has 0 saturated carbocycles. The highest BCUT2D eigenvalue weighted by atomic mass is 79.9. The van der Waals surface area contributed by atoms with E-state index < -0.39 is 0 Å². The maximum absolute atomic E-state index is 11.0. The number of aromatic nitrogens is 1. The number of esters is 1. The zero-order valence-corrected chi connectivity index (χ0v) is 17.4. The number of unbranched alkanes of at least 4 members (excludes halogenated alkanes) is 3. The lowest BCUT2D eigenvalue weighted by atomic mass is 10.1. The van der Waals surface area contributed by atoms with Crippen LogP contribution in [0.25, 0.3) is 0 Å². The number of carbonyl (C=O) groups is 1. The molecule has 1 aromatic rings.